The summed E-state index contributed by atoms with van der Waals surface area (Å²) in [5.74, 6) is -1.85. The van der Waals surface area contributed by atoms with Gasteiger partial charge in [0.1, 0.15) is 24.0 Å². The zero-order chi connectivity index (χ0) is 23.0. The van der Waals surface area contributed by atoms with Gasteiger partial charge in [-0.15, -0.1) is 5.10 Å². The van der Waals surface area contributed by atoms with E-state index in [2.05, 4.69) is 20.5 Å². The summed E-state index contributed by atoms with van der Waals surface area (Å²) in [6.07, 6.45) is -3.26. The maximum Gasteiger partial charge on any atom is 0.435 e. The number of anilines is 1. The van der Waals surface area contributed by atoms with Gasteiger partial charge in [-0.1, -0.05) is 12.1 Å². The minimum Gasteiger partial charge on any atom is -0.337 e. The van der Waals surface area contributed by atoms with Crippen LogP contribution in [0, 0.1) is 5.82 Å². The highest BCUT2D eigenvalue weighted by molar-refractivity contribution is 6.00. The van der Waals surface area contributed by atoms with Crippen LogP contribution in [0.15, 0.2) is 36.7 Å². The van der Waals surface area contributed by atoms with Crippen LogP contribution in [0.5, 0.6) is 0 Å². The molecule has 3 heterocycles. The lowest BCUT2D eigenvalue weighted by molar-refractivity contribution is -0.141. The van der Waals surface area contributed by atoms with E-state index in [0.717, 1.165) is 21.2 Å². The summed E-state index contributed by atoms with van der Waals surface area (Å²) in [6.45, 7) is 0.257. The van der Waals surface area contributed by atoms with Gasteiger partial charge in [0, 0.05) is 19.7 Å². The van der Waals surface area contributed by atoms with E-state index < -0.39 is 29.7 Å². The second kappa shape index (κ2) is 8.05. The first-order valence-electron chi connectivity index (χ1n) is 9.49. The summed E-state index contributed by atoms with van der Waals surface area (Å²) in [5, 5.41) is 10.1. The molecule has 1 N–H and O–H groups in total. The molecule has 0 aliphatic carbocycles. The molecule has 1 atom stereocenters. The summed E-state index contributed by atoms with van der Waals surface area (Å²) in [7, 11) is 1.32. The van der Waals surface area contributed by atoms with Crippen molar-refractivity contribution in [1.29, 1.82) is 0 Å². The van der Waals surface area contributed by atoms with Gasteiger partial charge < -0.3 is 5.32 Å². The van der Waals surface area contributed by atoms with Crippen LogP contribution in [-0.2, 0) is 24.1 Å². The van der Waals surface area contributed by atoms with Crippen molar-refractivity contribution in [3.63, 3.8) is 0 Å². The van der Waals surface area contributed by atoms with Crippen LogP contribution in [0.2, 0.25) is 0 Å². The van der Waals surface area contributed by atoms with Crippen LogP contribution in [-0.4, -0.2) is 49.4 Å². The zero-order valence-electron chi connectivity index (χ0n) is 16.7. The number of nitrogens with one attached hydrogen (secondary N) is 1. The minimum atomic E-state index is -4.63. The molecule has 32 heavy (non-hydrogen) atoms. The molecular formula is C19H17F4N7O2. The number of alkyl halides is 3. The standard InChI is InChI=1S/C19H17F4N7O2/c1-28-15-8-14(19(21,22)23)26-30(15)7-6-13(18(28)32)25-17(31)16-24-10-29(27-16)9-11-2-4-12(20)5-3-11/h2-5,8,10,13H,6-7,9H2,1H3,(H,25,31)/t13-/m1/s1. The molecule has 4 rings (SSSR count). The number of carbonyl (C=O) groups is 2. The minimum absolute atomic E-state index is 0.00112. The number of benzene rings is 1. The first-order chi connectivity index (χ1) is 15.1. The Kier molecular flexibility index (Phi) is 5.40. The molecule has 3 aromatic rings. The van der Waals surface area contributed by atoms with Crippen molar-refractivity contribution in [2.75, 3.05) is 11.9 Å². The van der Waals surface area contributed by atoms with Gasteiger partial charge in [0.05, 0.1) is 6.54 Å². The van der Waals surface area contributed by atoms with Gasteiger partial charge in [0.2, 0.25) is 5.82 Å². The number of hydrogen-bond donors (Lipinski definition) is 1. The molecule has 2 aromatic heterocycles. The average Bonchev–Trinajstić information content (AvgIpc) is 3.36. The van der Waals surface area contributed by atoms with Gasteiger partial charge in [0.25, 0.3) is 11.8 Å². The molecule has 1 aliphatic heterocycles. The van der Waals surface area contributed by atoms with Crippen LogP contribution in [0.1, 0.15) is 28.3 Å². The van der Waals surface area contributed by atoms with Crippen LogP contribution in [0.4, 0.5) is 23.4 Å². The van der Waals surface area contributed by atoms with E-state index in [-0.39, 0.29) is 37.0 Å². The molecule has 1 aromatic carbocycles. The quantitative estimate of drug-likeness (QED) is 0.611. The molecule has 168 valence electrons. The Labute approximate surface area is 178 Å². The lowest BCUT2D eigenvalue weighted by Crippen LogP contribution is -2.47. The topological polar surface area (TPSA) is 97.9 Å². The fourth-order valence-corrected chi connectivity index (χ4v) is 3.31. The fourth-order valence-electron chi connectivity index (χ4n) is 3.31. The van der Waals surface area contributed by atoms with Crippen LogP contribution in [0.25, 0.3) is 0 Å². The van der Waals surface area contributed by atoms with Gasteiger partial charge in [-0.2, -0.15) is 18.3 Å². The fraction of sp³-hybridized carbons (Fsp3) is 0.316. The molecule has 0 saturated heterocycles. The van der Waals surface area contributed by atoms with E-state index in [9.17, 15) is 27.2 Å². The van der Waals surface area contributed by atoms with Crippen molar-refractivity contribution in [1.82, 2.24) is 29.9 Å². The number of likely N-dealkylation sites (N-methyl/N-ethyl adjacent to an activating group) is 1. The smallest absolute Gasteiger partial charge is 0.337 e. The number of rotatable bonds is 4. The Bertz CT molecular complexity index is 1150. The summed E-state index contributed by atoms with van der Waals surface area (Å²) in [5.41, 5.74) is -0.345. The highest BCUT2D eigenvalue weighted by Crippen LogP contribution is 2.32. The maximum atomic E-state index is 13.0. The lowest BCUT2D eigenvalue weighted by Gasteiger charge is -2.19. The number of amides is 2. The van der Waals surface area contributed by atoms with E-state index in [1.165, 1.54) is 30.2 Å². The Morgan fingerprint density at radius 1 is 1.22 bits per heavy atom. The largest absolute Gasteiger partial charge is 0.435 e. The second-order valence-corrected chi connectivity index (χ2v) is 7.21. The van der Waals surface area contributed by atoms with Crippen molar-refractivity contribution in [2.24, 2.45) is 0 Å². The molecule has 2 amide bonds. The Morgan fingerprint density at radius 2 is 1.94 bits per heavy atom. The Morgan fingerprint density at radius 3 is 2.62 bits per heavy atom. The monoisotopic (exact) mass is 451 g/mol. The predicted molar refractivity (Wildman–Crippen MR) is 102 cm³/mol. The van der Waals surface area contributed by atoms with E-state index in [4.69, 9.17) is 0 Å². The molecule has 1 aliphatic rings. The number of hydrogen-bond acceptors (Lipinski definition) is 5. The molecule has 13 heteroatoms. The first-order valence-corrected chi connectivity index (χ1v) is 9.49. The van der Waals surface area contributed by atoms with Gasteiger partial charge >= 0.3 is 6.18 Å². The second-order valence-electron chi connectivity index (χ2n) is 7.21. The van der Waals surface area contributed by atoms with Crippen LogP contribution < -0.4 is 10.2 Å². The van der Waals surface area contributed by atoms with Gasteiger partial charge in [-0.3, -0.25) is 14.5 Å². The Hall–Kier alpha value is -3.77. The third-order valence-electron chi connectivity index (χ3n) is 4.95. The molecule has 0 spiro atoms. The first kappa shape index (κ1) is 21.5. The van der Waals surface area contributed by atoms with Crippen molar-refractivity contribution in [3.05, 3.63) is 59.6 Å². The SMILES string of the molecule is CN1C(=O)[C@H](NC(=O)c2ncn(Cc3ccc(F)cc3)n2)CCn2nc(C(F)(F)F)cc21. The van der Waals surface area contributed by atoms with E-state index >= 15 is 0 Å². The average molecular weight is 451 g/mol. The van der Waals surface area contributed by atoms with Crippen molar-refractivity contribution in [3.8, 4) is 0 Å². The normalized spacial score (nSPS) is 16.6. The molecule has 9 nitrogen and oxygen atoms in total. The number of fused-ring (bicyclic) bond motifs is 1. The number of aryl methyl sites for hydroxylation is 1. The van der Waals surface area contributed by atoms with Crippen molar-refractivity contribution >= 4 is 17.6 Å². The molecule has 0 bridgehead atoms. The molecule has 0 radical (unpaired) electrons. The lowest BCUT2D eigenvalue weighted by atomic mass is 10.2. The third-order valence-corrected chi connectivity index (χ3v) is 4.95. The van der Waals surface area contributed by atoms with Gasteiger partial charge in [0.15, 0.2) is 5.69 Å². The zero-order valence-corrected chi connectivity index (χ0v) is 16.7. The molecule has 0 saturated carbocycles. The van der Waals surface area contributed by atoms with Crippen LogP contribution >= 0.6 is 0 Å². The summed E-state index contributed by atoms with van der Waals surface area (Å²) < 4.78 is 54.3. The highest BCUT2D eigenvalue weighted by Gasteiger charge is 2.38. The summed E-state index contributed by atoms with van der Waals surface area (Å²) >= 11 is 0. The maximum absolute atomic E-state index is 13.0. The highest BCUT2D eigenvalue weighted by atomic mass is 19.4. The van der Waals surface area contributed by atoms with Crippen LogP contribution in [0.3, 0.4) is 0 Å². The van der Waals surface area contributed by atoms with E-state index in [1.807, 2.05) is 0 Å². The number of aromatic nitrogens is 5. The summed E-state index contributed by atoms with van der Waals surface area (Å²) in [6, 6.07) is 5.55. The third kappa shape index (κ3) is 4.31. The molecule has 0 fully saturated rings. The molecule has 0 unspecified atom stereocenters. The summed E-state index contributed by atoms with van der Waals surface area (Å²) in [4.78, 5) is 30.2. The Balaban J connectivity index is 1.43. The van der Waals surface area contributed by atoms with E-state index in [1.54, 1.807) is 12.1 Å². The molecular weight excluding hydrogens is 434 g/mol. The van der Waals surface area contributed by atoms with E-state index in [0.29, 0.717) is 0 Å². The predicted octanol–water partition coefficient (Wildman–Crippen LogP) is 1.85. The van der Waals surface area contributed by atoms with Gasteiger partial charge in [-0.25, -0.2) is 18.7 Å². The van der Waals surface area contributed by atoms with Crippen molar-refractivity contribution in [2.45, 2.75) is 31.7 Å². The van der Waals surface area contributed by atoms with Gasteiger partial charge in [-0.05, 0) is 24.1 Å². The number of halogens is 4. The number of nitrogens with zero attached hydrogens (tertiary/aromatic N) is 6. The number of carbonyl (C=O) groups excluding carboxylic acids is 2. The van der Waals surface area contributed by atoms with Crippen molar-refractivity contribution < 1.29 is 27.2 Å².